The van der Waals surface area contributed by atoms with Gasteiger partial charge in [0.2, 0.25) is 0 Å². The lowest BCUT2D eigenvalue weighted by atomic mass is 10.1. The third-order valence-electron chi connectivity index (χ3n) is 3.99. The van der Waals surface area contributed by atoms with Crippen molar-refractivity contribution in [3.05, 3.63) is 0 Å². The second-order valence-corrected chi connectivity index (χ2v) is 6.46. The lowest BCUT2D eigenvalue weighted by Crippen LogP contribution is -2.44. The highest BCUT2D eigenvalue weighted by atomic mass is 16.5. The van der Waals surface area contributed by atoms with E-state index in [0.717, 1.165) is 31.7 Å². The largest absolute Gasteiger partial charge is 0.377 e. The Morgan fingerprint density at radius 2 is 2.00 bits per heavy atom. The van der Waals surface area contributed by atoms with Crippen molar-refractivity contribution < 1.29 is 4.74 Å². The third-order valence-corrected chi connectivity index (χ3v) is 3.99. The third kappa shape index (κ3) is 4.52. The number of nitrogens with zero attached hydrogens (tertiary/aromatic N) is 1. The quantitative estimate of drug-likeness (QED) is 0.719. The van der Waals surface area contributed by atoms with Gasteiger partial charge in [-0.1, -0.05) is 13.8 Å². The van der Waals surface area contributed by atoms with E-state index in [0.29, 0.717) is 12.1 Å². The molecule has 1 aliphatic heterocycles. The van der Waals surface area contributed by atoms with Crippen LogP contribution in [0.25, 0.3) is 0 Å². The second kappa shape index (κ2) is 6.88. The Labute approximate surface area is 112 Å². The summed E-state index contributed by atoms with van der Waals surface area (Å²) >= 11 is 0. The molecule has 2 fully saturated rings. The highest BCUT2D eigenvalue weighted by molar-refractivity contribution is 4.88. The molecule has 0 aromatic heterocycles. The first kappa shape index (κ1) is 14.3. The van der Waals surface area contributed by atoms with E-state index < -0.39 is 0 Å². The molecule has 106 valence electrons. The van der Waals surface area contributed by atoms with Gasteiger partial charge >= 0.3 is 0 Å². The van der Waals surface area contributed by atoms with E-state index in [-0.39, 0.29) is 0 Å². The van der Waals surface area contributed by atoms with Gasteiger partial charge in [-0.3, -0.25) is 4.90 Å². The van der Waals surface area contributed by atoms with Gasteiger partial charge in [0.15, 0.2) is 0 Å². The molecule has 2 aliphatic rings. The molecule has 0 aromatic rings. The fourth-order valence-corrected chi connectivity index (χ4v) is 2.89. The average molecular weight is 254 g/mol. The molecule has 1 saturated heterocycles. The van der Waals surface area contributed by atoms with Gasteiger partial charge in [0, 0.05) is 38.3 Å². The Kier molecular flexibility index (Phi) is 5.46. The Hall–Kier alpha value is -0.120. The van der Waals surface area contributed by atoms with Gasteiger partial charge in [0.1, 0.15) is 0 Å². The van der Waals surface area contributed by atoms with Crippen LogP contribution in [0.3, 0.4) is 0 Å². The summed E-state index contributed by atoms with van der Waals surface area (Å²) in [7, 11) is 0. The smallest absolute Gasteiger partial charge is 0.0700 e. The minimum atomic E-state index is 0.469. The summed E-state index contributed by atoms with van der Waals surface area (Å²) in [6.45, 7) is 11.3. The zero-order valence-electron chi connectivity index (χ0n) is 12.3. The van der Waals surface area contributed by atoms with Crippen LogP contribution in [0.5, 0.6) is 0 Å². The van der Waals surface area contributed by atoms with E-state index in [2.05, 4.69) is 31.0 Å². The van der Waals surface area contributed by atoms with Crippen LogP contribution in [0.2, 0.25) is 0 Å². The molecule has 0 bridgehead atoms. The predicted molar refractivity (Wildman–Crippen MR) is 75.9 cm³/mol. The molecule has 0 radical (unpaired) electrons. The molecule has 18 heavy (non-hydrogen) atoms. The van der Waals surface area contributed by atoms with Crippen molar-refractivity contribution in [1.29, 1.82) is 0 Å². The summed E-state index contributed by atoms with van der Waals surface area (Å²) in [5.41, 5.74) is 0. The van der Waals surface area contributed by atoms with Gasteiger partial charge < -0.3 is 10.1 Å². The second-order valence-electron chi connectivity index (χ2n) is 6.46. The summed E-state index contributed by atoms with van der Waals surface area (Å²) < 4.78 is 5.64. The van der Waals surface area contributed by atoms with Crippen molar-refractivity contribution in [2.45, 2.75) is 64.6 Å². The maximum Gasteiger partial charge on any atom is 0.0700 e. The standard InChI is InChI=1S/C15H30N2O/c1-12(2)11-17(14-6-7-14)13(3)9-16-10-15-5-4-8-18-15/h12-16H,4-11H2,1-3H3. The van der Waals surface area contributed by atoms with Crippen molar-refractivity contribution >= 4 is 0 Å². The number of rotatable bonds is 8. The normalized spacial score (nSPS) is 26.2. The van der Waals surface area contributed by atoms with Crippen LogP contribution < -0.4 is 5.32 Å². The van der Waals surface area contributed by atoms with Crippen molar-refractivity contribution in [2.75, 3.05) is 26.2 Å². The first-order valence-corrected chi connectivity index (χ1v) is 7.75. The minimum absolute atomic E-state index is 0.469. The summed E-state index contributed by atoms with van der Waals surface area (Å²) in [6.07, 6.45) is 5.76. The average Bonchev–Trinajstić information content (AvgIpc) is 3.03. The molecule has 2 unspecified atom stereocenters. The van der Waals surface area contributed by atoms with Crippen LogP contribution in [0.1, 0.15) is 46.5 Å². The van der Waals surface area contributed by atoms with E-state index >= 15 is 0 Å². The Balaban J connectivity index is 1.65. The fourth-order valence-electron chi connectivity index (χ4n) is 2.89. The molecule has 1 saturated carbocycles. The van der Waals surface area contributed by atoms with E-state index in [9.17, 15) is 0 Å². The molecule has 3 heteroatoms. The lowest BCUT2D eigenvalue weighted by Gasteiger charge is -2.31. The van der Waals surface area contributed by atoms with Gasteiger partial charge in [-0.15, -0.1) is 0 Å². The van der Waals surface area contributed by atoms with Gasteiger partial charge in [0.05, 0.1) is 6.10 Å². The maximum atomic E-state index is 5.64. The van der Waals surface area contributed by atoms with Crippen molar-refractivity contribution in [3.8, 4) is 0 Å². The Morgan fingerprint density at radius 1 is 1.22 bits per heavy atom. The highest BCUT2D eigenvalue weighted by Gasteiger charge is 2.32. The van der Waals surface area contributed by atoms with Crippen LogP contribution >= 0.6 is 0 Å². The molecule has 2 atom stereocenters. The Morgan fingerprint density at radius 3 is 2.56 bits per heavy atom. The number of hydrogen-bond acceptors (Lipinski definition) is 3. The molecule has 1 N–H and O–H groups in total. The lowest BCUT2D eigenvalue weighted by molar-refractivity contribution is 0.105. The van der Waals surface area contributed by atoms with E-state index in [1.54, 1.807) is 0 Å². The van der Waals surface area contributed by atoms with Crippen molar-refractivity contribution in [1.82, 2.24) is 10.2 Å². The Bertz CT molecular complexity index is 235. The maximum absolute atomic E-state index is 5.64. The van der Waals surface area contributed by atoms with Gasteiger partial charge in [0.25, 0.3) is 0 Å². The molecular weight excluding hydrogens is 224 g/mol. The predicted octanol–water partition coefficient (Wildman–Crippen LogP) is 2.26. The van der Waals surface area contributed by atoms with Crippen LogP contribution in [0, 0.1) is 5.92 Å². The van der Waals surface area contributed by atoms with E-state index in [4.69, 9.17) is 4.74 Å². The van der Waals surface area contributed by atoms with E-state index in [1.807, 2.05) is 0 Å². The highest BCUT2D eigenvalue weighted by Crippen LogP contribution is 2.29. The monoisotopic (exact) mass is 254 g/mol. The topological polar surface area (TPSA) is 24.5 Å². The summed E-state index contributed by atoms with van der Waals surface area (Å²) in [4.78, 5) is 2.70. The van der Waals surface area contributed by atoms with Gasteiger partial charge in [-0.2, -0.15) is 0 Å². The van der Waals surface area contributed by atoms with Gasteiger partial charge in [-0.05, 0) is 38.5 Å². The molecule has 0 spiro atoms. The molecule has 0 amide bonds. The van der Waals surface area contributed by atoms with Crippen molar-refractivity contribution in [2.24, 2.45) is 5.92 Å². The summed E-state index contributed by atoms with van der Waals surface area (Å²) in [6, 6.07) is 1.52. The molecule has 3 nitrogen and oxygen atoms in total. The first-order chi connectivity index (χ1) is 8.66. The van der Waals surface area contributed by atoms with Crippen LogP contribution in [-0.4, -0.2) is 49.3 Å². The number of nitrogens with one attached hydrogen (secondary N) is 1. The van der Waals surface area contributed by atoms with Crippen molar-refractivity contribution in [3.63, 3.8) is 0 Å². The molecule has 0 aromatic carbocycles. The van der Waals surface area contributed by atoms with Crippen LogP contribution in [0.15, 0.2) is 0 Å². The van der Waals surface area contributed by atoms with E-state index in [1.165, 1.54) is 32.2 Å². The van der Waals surface area contributed by atoms with Crippen LogP contribution in [-0.2, 0) is 4.74 Å². The number of hydrogen-bond donors (Lipinski definition) is 1. The molecule has 1 heterocycles. The summed E-state index contributed by atoms with van der Waals surface area (Å²) in [5, 5.41) is 3.60. The fraction of sp³-hybridized carbons (Fsp3) is 1.00. The van der Waals surface area contributed by atoms with Crippen LogP contribution in [0.4, 0.5) is 0 Å². The van der Waals surface area contributed by atoms with Gasteiger partial charge in [-0.25, -0.2) is 0 Å². The molecule has 2 rings (SSSR count). The zero-order chi connectivity index (χ0) is 13.0. The summed E-state index contributed by atoms with van der Waals surface area (Å²) in [5.74, 6) is 0.770. The number of ether oxygens (including phenoxy) is 1. The SMILES string of the molecule is CC(C)CN(C(C)CNCC1CCCO1)C1CC1. The minimum Gasteiger partial charge on any atom is -0.377 e. The first-order valence-electron chi connectivity index (χ1n) is 7.75. The molecular formula is C15H30N2O. The zero-order valence-corrected chi connectivity index (χ0v) is 12.3. The molecule has 1 aliphatic carbocycles.